The Morgan fingerprint density at radius 1 is 1.40 bits per heavy atom. The minimum absolute atomic E-state index is 0.180. The number of aromatic nitrogens is 2. The van der Waals surface area contributed by atoms with Gasteiger partial charge in [-0.3, -0.25) is 9.36 Å². The fourth-order valence-corrected chi connectivity index (χ4v) is 4.96. The molecule has 0 spiro atoms. The molecule has 0 aliphatic heterocycles. The highest BCUT2D eigenvalue weighted by atomic mass is 32.2. The van der Waals surface area contributed by atoms with E-state index in [0.717, 1.165) is 41.2 Å². The van der Waals surface area contributed by atoms with E-state index >= 15 is 0 Å². The first kappa shape index (κ1) is 14.1. The van der Waals surface area contributed by atoms with Crippen LogP contribution in [0.3, 0.4) is 0 Å². The van der Waals surface area contributed by atoms with E-state index in [1.807, 2.05) is 4.57 Å². The zero-order valence-electron chi connectivity index (χ0n) is 12.2. The Kier molecular flexibility index (Phi) is 3.91. The monoisotopic (exact) mass is 308 g/mol. The molecule has 0 fully saturated rings. The molecule has 3 rings (SSSR count). The van der Waals surface area contributed by atoms with Gasteiger partial charge in [-0.2, -0.15) is 0 Å². The minimum Gasteiger partial charge on any atom is -0.287 e. The standard InChI is InChI=1S/C15H20N2OS2/c1-4-8-17-14(18)12-10-6-5-7-11(10)20-13(12)16-15(17)19-9(2)3/h9H,4-8H2,1-3H3. The summed E-state index contributed by atoms with van der Waals surface area (Å²) in [4.78, 5) is 20.0. The van der Waals surface area contributed by atoms with Gasteiger partial charge in [0.25, 0.3) is 5.56 Å². The lowest BCUT2D eigenvalue weighted by Crippen LogP contribution is -2.23. The normalized spacial score (nSPS) is 14.4. The largest absolute Gasteiger partial charge is 0.287 e. The van der Waals surface area contributed by atoms with Crippen molar-refractivity contribution in [3.63, 3.8) is 0 Å². The van der Waals surface area contributed by atoms with Crippen molar-refractivity contribution in [2.45, 2.75) is 63.4 Å². The van der Waals surface area contributed by atoms with Crippen molar-refractivity contribution < 1.29 is 0 Å². The highest BCUT2D eigenvalue weighted by Gasteiger charge is 2.23. The molecule has 1 aliphatic carbocycles. The first-order valence-electron chi connectivity index (χ1n) is 7.33. The van der Waals surface area contributed by atoms with Crippen molar-refractivity contribution in [3.05, 3.63) is 20.8 Å². The average molecular weight is 308 g/mol. The summed E-state index contributed by atoms with van der Waals surface area (Å²) in [6, 6.07) is 0. The zero-order valence-corrected chi connectivity index (χ0v) is 13.9. The zero-order chi connectivity index (χ0) is 14.3. The molecule has 0 atom stereocenters. The number of nitrogens with zero attached hydrogens (tertiary/aromatic N) is 2. The summed E-state index contributed by atoms with van der Waals surface area (Å²) in [5.74, 6) is 0. The smallest absolute Gasteiger partial charge is 0.263 e. The van der Waals surface area contributed by atoms with E-state index in [-0.39, 0.29) is 5.56 Å². The van der Waals surface area contributed by atoms with E-state index in [1.54, 1.807) is 23.1 Å². The lowest BCUT2D eigenvalue weighted by atomic mass is 10.2. The molecule has 0 radical (unpaired) electrons. The molecule has 0 amide bonds. The van der Waals surface area contributed by atoms with Gasteiger partial charge in [0.15, 0.2) is 5.16 Å². The first-order valence-corrected chi connectivity index (χ1v) is 9.03. The Balaban J connectivity index is 2.24. The molecule has 108 valence electrons. The fourth-order valence-electron chi connectivity index (χ4n) is 2.78. The van der Waals surface area contributed by atoms with Crippen molar-refractivity contribution in [1.29, 1.82) is 0 Å². The molecule has 20 heavy (non-hydrogen) atoms. The number of fused-ring (bicyclic) bond motifs is 3. The van der Waals surface area contributed by atoms with Crippen LogP contribution in [0.5, 0.6) is 0 Å². The van der Waals surface area contributed by atoms with E-state index in [0.29, 0.717) is 5.25 Å². The fraction of sp³-hybridized carbons (Fsp3) is 0.600. The molecule has 2 aromatic rings. The van der Waals surface area contributed by atoms with Crippen LogP contribution in [0, 0.1) is 0 Å². The number of thioether (sulfide) groups is 1. The molecule has 5 heteroatoms. The van der Waals surface area contributed by atoms with Crippen LogP contribution >= 0.6 is 23.1 Å². The van der Waals surface area contributed by atoms with Gasteiger partial charge in [-0.05, 0) is 31.2 Å². The van der Waals surface area contributed by atoms with Crippen molar-refractivity contribution >= 4 is 33.3 Å². The molecule has 2 aromatic heterocycles. The number of rotatable bonds is 4. The van der Waals surface area contributed by atoms with Gasteiger partial charge in [-0.1, -0.05) is 32.5 Å². The summed E-state index contributed by atoms with van der Waals surface area (Å²) >= 11 is 3.42. The van der Waals surface area contributed by atoms with Crippen LogP contribution in [0.25, 0.3) is 10.2 Å². The van der Waals surface area contributed by atoms with Crippen molar-refractivity contribution in [1.82, 2.24) is 9.55 Å². The van der Waals surface area contributed by atoms with Crippen LogP contribution in [0.15, 0.2) is 9.95 Å². The predicted octanol–water partition coefficient (Wildman–Crippen LogP) is 3.86. The van der Waals surface area contributed by atoms with Crippen LogP contribution in [0.1, 0.15) is 44.1 Å². The number of hydrogen-bond acceptors (Lipinski definition) is 4. The maximum atomic E-state index is 12.9. The van der Waals surface area contributed by atoms with Crippen molar-refractivity contribution in [2.24, 2.45) is 0 Å². The predicted molar refractivity (Wildman–Crippen MR) is 87.2 cm³/mol. The Bertz CT molecular complexity index is 700. The Labute approximate surface area is 127 Å². The van der Waals surface area contributed by atoms with Gasteiger partial charge in [0, 0.05) is 16.7 Å². The molecule has 1 aliphatic rings. The van der Waals surface area contributed by atoms with Gasteiger partial charge in [0.2, 0.25) is 0 Å². The second-order valence-corrected chi connectivity index (χ2v) is 8.18. The van der Waals surface area contributed by atoms with Crippen molar-refractivity contribution in [3.8, 4) is 0 Å². The molecule has 3 nitrogen and oxygen atoms in total. The summed E-state index contributed by atoms with van der Waals surface area (Å²) in [6.07, 6.45) is 4.32. The second kappa shape index (κ2) is 5.53. The Hall–Kier alpha value is -0.810. The van der Waals surface area contributed by atoms with Gasteiger partial charge in [0.05, 0.1) is 5.39 Å². The van der Waals surface area contributed by atoms with Crippen LogP contribution in [0.4, 0.5) is 0 Å². The van der Waals surface area contributed by atoms with Crippen LogP contribution < -0.4 is 5.56 Å². The van der Waals surface area contributed by atoms with Crippen molar-refractivity contribution in [2.75, 3.05) is 0 Å². The SMILES string of the molecule is CCCn1c(SC(C)C)nc2sc3c(c2c1=O)CCC3. The average Bonchev–Trinajstić information content (AvgIpc) is 2.93. The third kappa shape index (κ3) is 2.31. The van der Waals surface area contributed by atoms with Crippen LogP contribution in [0.2, 0.25) is 0 Å². The van der Waals surface area contributed by atoms with Gasteiger partial charge in [-0.25, -0.2) is 4.98 Å². The van der Waals surface area contributed by atoms with Gasteiger partial charge in [-0.15, -0.1) is 11.3 Å². The highest BCUT2D eigenvalue weighted by molar-refractivity contribution is 7.99. The van der Waals surface area contributed by atoms with E-state index in [2.05, 4.69) is 20.8 Å². The molecule has 0 aromatic carbocycles. The summed E-state index contributed by atoms with van der Waals surface area (Å²) in [5, 5.41) is 2.23. The summed E-state index contributed by atoms with van der Waals surface area (Å²) < 4.78 is 1.89. The molecule has 2 heterocycles. The van der Waals surface area contributed by atoms with E-state index in [4.69, 9.17) is 4.98 Å². The highest BCUT2D eigenvalue weighted by Crippen LogP contribution is 2.35. The first-order chi connectivity index (χ1) is 9.61. The summed E-state index contributed by atoms with van der Waals surface area (Å²) in [5.41, 5.74) is 1.47. The molecular weight excluding hydrogens is 288 g/mol. The second-order valence-electron chi connectivity index (χ2n) is 5.56. The topological polar surface area (TPSA) is 34.9 Å². The van der Waals surface area contributed by atoms with Crippen LogP contribution in [-0.4, -0.2) is 14.8 Å². The molecule has 0 N–H and O–H groups in total. The Morgan fingerprint density at radius 3 is 2.90 bits per heavy atom. The molecule has 0 unspecified atom stereocenters. The number of aryl methyl sites for hydroxylation is 2. The lowest BCUT2D eigenvalue weighted by Gasteiger charge is -2.12. The van der Waals surface area contributed by atoms with Gasteiger partial charge >= 0.3 is 0 Å². The lowest BCUT2D eigenvalue weighted by molar-refractivity contribution is 0.584. The van der Waals surface area contributed by atoms with E-state index in [1.165, 1.54) is 16.9 Å². The number of thiophene rings is 1. The van der Waals surface area contributed by atoms with E-state index < -0.39 is 0 Å². The molecule has 0 saturated carbocycles. The third-order valence-corrected chi connectivity index (χ3v) is 5.76. The Morgan fingerprint density at radius 2 is 2.20 bits per heavy atom. The van der Waals surface area contributed by atoms with Crippen LogP contribution in [-0.2, 0) is 19.4 Å². The van der Waals surface area contributed by atoms with Gasteiger partial charge in [0.1, 0.15) is 4.83 Å². The number of hydrogen-bond donors (Lipinski definition) is 0. The maximum absolute atomic E-state index is 12.9. The quantitative estimate of drug-likeness (QED) is 0.635. The summed E-state index contributed by atoms with van der Waals surface area (Å²) in [6.45, 7) is 7.16. The molecule has 0 saturated heterocycles. The molecular formula is C15H20N2OS2. The summed E-state index contributed by atoms with van der Waals surface area (Å²) in [7, 11) is 0. The maximum Gasteiger partial charge on any atom is 0.263 e. The third-order valence-electron chi connectivity index (χ3n) is 3.58. The van der Waals surface area contributed by atoms with Gasteiger partial charge < -0.3 is 0 Å². The molecule has 0 bridgehead atoms. The van der Waals surface area contributed by atoms with E-state index in [9.17, 15) is 4.79 Å². The minimum atomic E-state index is 0.180.